The SMILES string of the molecule is Cn1nc(-c2ccccc2)c2c(C(F)F)cc(-c3ccc(N)cc3)nc21. The standard InChI is InChI=1S/C20H16F2N4/c1-26-20-17(18(25-26)13-5-3-2-4-6-13)15(19(21)22)11-16(24-20)12-7-9-14(23)10-8-12/h2-11,19H,23H2,1H3. The minimum absolute atomic E-state index is 0.0752. The monoisotopic (exact) mass is 350 g/mol. The summed E-state index contributed by atoms with van der Waals surface area (Å²) in [7, 11) is 1.71. The maximum Gasteiger partial charge on any atom is 0.264 e. The van der Waals surface area contributed by atoms with Gasteiger partial charge < -0.3 is 5.73 Å². The van der Waals surface area contributed by atoms with Gasteiger partial charge in [-0.1, -0.05) is 42.5 Å². The summed E-state index contributed by atoms with van der Waals surface area (Å²) in [5, 5.41) is 4.84. The Morgan fingerprint density at radius 2 is 1.65 bits per heavy atom. The second-order valence-corrected chi connectivity index (χ2v) is 6.06. The Labute approximate surface area is 148 Å². The molecule has 130 valence electrons. The molecule has 26 heavy (non-hydrogen) atoms. The van der Waals surface area contributed by atoms with Crippen LogP contribution in [0.1, 0.15) is 12.0 Å². The molecule has 0 spiro atoms. The zero-order valence-electron chi connectivity index (χ0n) is 14.0. The number of aryl methyl sites for hydroxylation is 1. The van der Waals surface area contributed by atoms with E-state index in [0.29, 0.717) is 28.1 Å². The first-order valence-corrected chi connectivity index (χ1v) is 8.11. The van der Waals surface area contributed by atoms with E-state index in [1.165, 1.54) is 6.07 Å². The molecule has 4 rings (SSSR count). The van der Waals surface area contributed by atoms with Crippen molar-refractivity contribution in [3.63, 3.8) is 0 Å². The molecule has 0 fully saturated rings. The molecular formula is C20H16F2N4. The fourth-order valence-electron chi connectivity index (χ4n) is 3.05. The Morgan fingerprint density at radius 1 is 0.962 bits per heavy atom. The number of nitrogens with zero attached hydrogens (tertiary/aromatic N) is 3. The Hall–Kier alpha value is -3.28. The summed E-state index contributed by atoms with van der Waals surface area (Å²) in [5.41, 5.74) is 9.15. The van der Waals surface area contributed by atoms with Crippen LogP contribution in [0.2, 0.25) is 0 Å². The van der Waals surface area contributed by atoms with Crippen molar-refractivity contribution in [3.05, 3.63) is 66.2 Å². The number of nitrogen functional groups attached to an aromatic ring is 1. The van der Waals surface area contributed by atoms with Crippen molar-refractivity contribution in [1.82, 2.24) is 14.8 Å². The van der Waals surface area contributed by atoms with E-state index in [1.54, 1.807) is 36.0 Å². The number of nitrogens with two attached hydrogens (primary N) is 1. The van der Waals surface area contributed by atoms with Crippen LogP contribution in [0.5, 0.6) is 0 Å². The molecule has 4 nitrogen and oxygen atoms in total. The Bertz CT molecular complexity index is 1070. The Balaban J connectivity index is 2.00. The first-order chi connectivity index (χ1) is 12.5. The molecule has 2 aromatic carbocycles. The Morgan fingerprint density at radius 3 is 2.31 bits per heavy atom. The molecule has 0 aliphatic carbocycles. The van der Waals surface area contributed by atoms with Gasteiger partial charge >= 0.3 is 0 Å². The van der Waals surface area contributed by atoms with Crippen LogP contribution in [0.25, 0.3) is 33.5 Å². The predicted molar refractivity (Wildman–Crippen MR) is 98.8 cm³/mol. The summed E-state index contributed by atoms with van der Waals surface area (Å²) < 4.78 is 29.3. The van der Waals surface area contributed by atoms with Crippen molar-refractivity contribution >= 4 is 16.7 Å². The minimum Gasteiger partial charge on any atom is -0.399 e. The van der Waals surface area contributed by atoms with E-state index in [1.807, 2.05) is 30.3 Å². The number of rotatable bonds is 3. The van der Waals surface area contributed by atoms with Crippen LogP contribution in [-0.4, -0.2) is 14.8 Å². The number of hydrogen-bond acceptors (Lipinski definition) is 3. The maximum atomic E-state index is 13.9. The lowest BCUT2D eigenvalue weighted by Crippen LogP contribution is -1.96. The fraction of sp³-hybridized carbons (Fsp3) is 0.100. The number of alkyl halides is 2. The molecular weight excluding hydrogens is 334 g/mol. The van der Waals surface area contributed by atoms with Gasteiger partial charge in [-0.05, 0) is 18.2 Å². The summed E-state index contributed by atoms with van der Waals surface area (Å²) in [6, 6.07) is 17.7. The first kappa shape index (κ1) is 16.2. The normalized spacial score (nSPS) is 11.4. The second-order valence-electron chi connectivity index (χ2n) is 6.06. The molecule has 2 N–H and O–H groups in total. The average Bonchev–Trinajstić information content (AvgIpc) is 2.99. The third kappa shape index (κ3) is 2.69. The molecule has 0 atom stereocenters. The van der Waals surface area contributed by atoms with E-state index in [0.717, 1.165) is 11.1 Å². The summed E-state index contributed by atoms with van der Waals surface area (Å²) in [4.78, 5) is 4.59. The smallest absolute Gasteiger partial charge is 0.264 e. The van der Waals surface area contributed by atoms with Gasteiger partial charge in [-0.15, -0.1) is 0 Å². The van der Waals surface area contributed by atoms with Gasteiger partial charge in [-0.25, -0.2) is 18.4 Å². The van der Waals surface area contributed by atoms with Gasteiger partial charge in [0.1, 0.15) is 5.69 Å². The highest BCUT2D eigenvalue weighted by atomic mass is 19.3. The van der Waals surface area contributed by atoms with Crippen molar-refractivity contribution in [3.8, 4) is 22.5 Å². The summed E-state index contributed by atoms with van der Waals surface area (Å²) in [5.74, 6) is 0. The van der Waals surface area contributed by atoms with Crippen LogP contribution in [0.4, 0.5) is 14.5 Å². The highest BCUT2D eigenvalue weighted by Crippen LogP contribution is 2.36. The van der Waals surface area contributed by atoms with E-state index in [4.69, 9.17) is 5.73 Å². The van der Waals surface area contributed by atoms with E-state index in [-0.39, 0.29) is 5.56 Å². The summed E-state index contributed by atoms with van der Waals surface area (Å²) in [6.45, 7) is 0. The van der Waals surface area contributed by atoms with Crippen LogP contribution in [0.3, 0.4) is 0 Å². The van der Waals surface area contributed by atoms with Crippen LogP contribution in [-0.2, 0) is 7.05 Å². The lowest BCUT2D eigenvalue weighted by Gasteiger charge is -2.08. The predicted octanol–water partition coefficient (Wildman–Crippen LogP) is 4.82. The highest BCUT2D eigenvalue weighted by molar-refractivity contribution is 5.95. The van der Waals surface area contributed by atoms with E-state index >= 15 is 0 Å². The van der Waals surface area contributed by atoms with E-state index in [9.17, 15) is 8.78 Å². The van der Waals surface area contributed by atoms with Crippen LogP contribution in [0.15, 0.2) is 60.7 Å². The second kappa shape index (κ2) is 6.22. The Kier molecular flexibility index (Phi) is 3.88. The van der Waals surface area contributed by atoms with Crippen molar-refractivity contribution in [2.45, 2.75) is 6.43 Å². The molecule has 0 bridgehead atoms. The number of benzene rings is 2. The molecule has 6 heteroatoms. The van der Waals surface area contributed by atoms with Gasteiger partial charge in [-0.3, -0.25) is 0 Å². The zero-order chi connectivity index (χ0) is 18.3. The first-order valence-electron chi connectivity index (χ1n) is 8.11. The largest absolute Gasteiger partial charge is 0.399 e. The van der Waals surface area contributed by atoms with Gasteiger partial charge in [0.05, 0.1) is 11.1 Å². The topological polar surface area (TPSA) is 56.7 Å². The van der Waals surface area contributed by atoms with Crippen molar-refractivity contribution in [2.75, 3.05) is 5.73 Å². The molecule has 0 aliphatic rings. The molecule has 4 aromatic rings. The van der Waals surface area contributed by atoms with Gasteiger partial charge in [0.15, 0.2) is 5.65 Å². The van der Waals surface area contributed by atoms with E-state index in [2.05, 4.69) is 10.1 Å². The molecule has 2 aromatic heterocycles. The number of aromatic nitrogens is 3. The van der Waals surface area contributed by atoms with Gasteiger partial charge in [0.25, 0.3) is 6.43 Å². The quantitative estimate of drug-likeness (QED) is 0.539. The van der Waals surface area contributed by atoms with Crippen LogP contribution < -0.4 is 5.73 Å². The fourth-order valence-corrected chi connectivity index (χ4v) is 3.05. The number of hydrogen-bond donors (Lipinski definition) is 1. The van der Waals surface area contributed by atoms with Crippen molar-refractivity contribution < 1.29 is 8.78 Å². The minimum atomic E-state index is -2.64. The van der Waals surface area contributed by atoms with Gasteiger partial charge in [-0.2, -0.15) is 5.10 Å². The molecule has 0 saturated carbocycles. The summed E-state index contributed by atoms with van der Waals surface area (Å²) in [6.07, 6.45) is -2.64. The number of halogens is 2. The van der Waals surface area contributed by atoms with Crippen LogP contribution >= 0.6 is 0 Å². The summed E-state index contributed by atoms with van der Waals surface area (Å²) >= 11 is 0. The molecule has 0 saturated heterocycles. The lowest BCUT2D eigenvalue weighted by molar-refractivity contribution is 0.153. The molecule has 0 unspecified atom stereocenters. The maximum absolute atomic E-state index is 13.9. The van der Waals surface area contributed by atoms with Gasteiger partial charge in [0, 0.05) is 29.4 Å². The highest BCUT2D eigenvalue weighted by Gasteiger charge is 2.22. The zero-order valence-corrected chi connectivity index (χ0v) is 14.0. The van der Waals surface area contributed by atoms with E-state index < -0.39 is 6.43 Å². The number of fused-ring (bicyclic) bond motifs is 1. The number of anilines is 1. The van der Waals surface area contributed by atoms with Crippen molar-refractivity contribution in [1.29, 1.82) is 0 Å². The molecule has 0 aliphatic heterocycles. The molecule has 0 amide bonds. The third-order valence-corrected chi connectivity index (χ3v) is 4.31. The van der Waals surface area contributed by atoms with Crippen LogP contribution in [0, 0.1) is 0 Å². The molecule has 2 heterocycles. The third-order valence-electron chi connectivity index (χ3n) is 4.31. The van der Waals surface area contributed by atoms with Gasteiger partial charge in [0.2, 0.25) is 0 Å². The number of pyridine rings is 1. The lowest BCUT2D eigenvalue weighted by atomic mass is 10.0. The average molecular weight is 350 g/mol. The molecule has 0 radical (unpaired) electrons. The van der Waals surface area contributed by atoms with Crippen molar-refractivity contribution in [2.24, 2.45) is 7.05 Å².